The highest BCUT2D eigenvalue weighted by molar-refractivity contribution is 7.98. The molecule has 0 radical (unpaired) electrons. The summed E-state index contributed by atoms with van der Waals surface area (Å²) in [7, 11) is 0. The van der Waals surface area contributed by atoms with E-state index in [4.69, 9.17) is 4.74 Å². The topological polar surface area (TPSA) is 42.8 Å². The van der Waals surface area contributed by atoms with Crippen molar-refractivity contribution in [1.82, 2.24) is 5.32 Å². The number of nitrogens with one attached hydrogen (secondary N) is 2. The highest BCUT2D eigenvalue weighted by atomic mass is 32.2. The Bertz CT molecular complexity index is 727. The van der Waals surface area contributed by atoms with E-state index in [1.54, 1.807) is 4.90 Å². The highest BCUT2D eigenvalue weighted by Crippen LogP contribution is 2.15. The molecule has 1 fully saturated rings. The fourth-order valence-corrected chi connectivity index (χ4v) is 4.13. The molecule has 1 amide bonds. The molecule has 0 aromatic heterocycles. The number of benzene rings is 2. The molecule has 2 aromatic rings. The van der Waals surface area contributed by atoms with Gasteiger partial charge in [0.25, 0.3) is 5.91 Å². The van der Waals surface area contributed by atoms with Crippen molar-refractivity contribution in [2.45, 2.75) is 19.2 Å². The van der Waals surface area contributed by atoms with E-state index in [0.29, 0.717) is 6.54 Å². The van der Waals surface area contributed by atoms with Crippen LogP contribution in [0.15, 0.2) is 48.5 Å². The number of quaternary nitrogens is 1. The molecular formula is C22H29N2O2S+. The van der Waals surface area contributed by atoms with E-state index in [1.807, 2.05) is 23.9 Å². The number of aryl methyl sites for hydroxylation is 1. The van der Waals surface area contributed by atoms with Crippen LogP contribution in [0.3, 0.4) is 0 Å². The molecule has 1 heterocycles. The number of hydrogen-bond acceptors (Lipinski definition) is 3. The molecular weight excluding hydrogens is 356 g/mol. The molecule has 0 aliphatic carbocycles. The van der Waals surface area contributed by atoms with Crippen molar-refractivity contribution in [3.63, 3.8) is 0 Å². The summed E-state index contributed by atoms with van der Waals surface area (Å²) >= 11 is 1.85. The Morgan fingerprint density at radius 1 is 1.11 bits per heavy atom. The summed E-state index contributed by atoms with van der Waals surface area (Å²) in [5.74, 6) is 1.91. The van der Waals surface area contributed by atoms with Crippen LogP contribution < -0.4 is 10.2 Å². The number of ether oxygens (including phenoxy) is 1. The predicted octanol–water partition coefficient (Wildman–Crippen LogP) is 2.07. The SMILES string of the molecule is Cc1ccccc1CSCCNC(=O)c1ccc(C[NH+]2CCOCC2)cc1. The van der Waals surface area contributed by atoms with E-state index in [0.717, 1.165) is 49.9 Å². The van der Waals surface area contributed by atoms with Gasteiger partial charge in [-0.05, 0) is 30.2 Å². The molecule has 0 spiro atoms. The highest BCUT2D eigenvalue weighted by Gasteiger charge is 2.14. The minimum Gasteiger partial charge on any atom is -0.370 e. The van der Waals surface area contributed by atoms with E-state index in [9.17, 15) is 4.79 Å². The van der Waals surface area contributed by atoms with Gasteiger partial charge in [-0.3, -0.25) is 4.79 Å². The summed E-state index contributed by atoms with van der Waals surface area (Å²) in [5.41, 5.74) is 4.71. The van der Waals surface area contributed by atoms with Gasteiger partial charge < -0.3 is 15.0 Å². The maximum atomic E-state index is 12.3. The number of thioether (sulfide) groups is 1. The molecule has 0 saturated carbocycles. The number of carbonyl (C=O) groups excluding carboxylic acids is 1. The third-order valence-electron chi connectivity index (χ3n) is 4.92. The largest absolute Gasteiger partial charge is 0.370 e. The lowest BCUT2D eigenvalue weighted by Crippen LogP contribution is -3.12. The van der Waals surface area contributed by atoms with Crippen molar-refractivity contribution in [1.29, 1.82) is 0 Å². The number of amides is 1. The second kappa shape index (κ2) is 10.5. The van der Waals surface area contributed by atoms with Crippen LogP contribution in [0.1, 0.15) is 27.0 Å². The second-order valence-electron chi connectivity index (χ2n) is 6.97. The Morgan fingerprint density at radius 2 is 1.85 bits per heavy atom. The van der Waals surface area contributed by atoms with Crippen molar-refractivity contribution in [3.8, 4) is 0 Å². The van der Waals surface area contributed by atoms with Gasteiger partial charge in [0.15, 0.2) is 0 Å². The summed E-state index contributed by atoms with van der Waals surface area (Å²) < 4.78 is 5.40. The van der Waals surface area contributed by atoms with Crippen molar-refractivity contribution < 1.29 is 14.4 Å². The van der Waals surface area contributed by atoms with Crippen molar-refractivity contribution in [2.75, 3.05) is 38.6 Å². The molecule has 0 atom stereocenters. The third-order valence-corrected chi connectivity index (χ3v) is 5.93. The monoisotopic (exact) mass is 385 g/mol. The third kappa shape index (κ3) is 6.38. The molecule has 144 valence electrons. The van der Waals surface area contributed by atoms with Crippen LogP contribution in [0, 0.1) is 6.92 Å². The van der Waals surface area contributed by atoms with Gasteiger partial charge in [-0.1, -0.05) is 36.4 Å². The van der Waals surface area contributed by atoms with E-state index in [2.05, 4.69) is 48.6 Å². The Balaban J connectivity index is 1.37. The summed E-state index contributed by atoms with van der Waals surface area (Å²) in [6.07, 6.45) is 0. The van der Waals surface area contributed by atoms with E-state index < -0.39 is 0 Å². The van der Waals surface area contributed by atoms with Crippen LogP contribution in [0.4, 0.5) is 0 Å². The van der Waals surface area contributed by atoms with Crippen LogP contribution in [-0.4, -0.2) is 44.5 Å². The standard InChI is InChI=1S/C22H28N2O2S/c1-18-4-2-3-5-21(18)17-27-15-10-23-22(25)20-8-6-19(7-9-20)16-24-11-13-26-14-12-24/h2-9H,10-17H2,1H3,(H,23,25)/p+1. The second-order valence-corrected chi connectivity index (χ2v) is 8.08. The van der Waals surface area contributed by atoms with Crippen LogP contribution in [-0.2, 0) is 17.0 Å². The number of morpholine rings is 1. The van der Waals surface area contributed by atoms with E-state index >= 15 is 0 Å². The molecule has 0 bridgehead atoms. The molecule has 3 rings (SSSR count). The molecule has 1 aliphatic rings. The van der Waals surface area contributed by atoms with Crippen LogP contribution in [0.2, 0.25) is 0 Å². The van der Waals surface area contributed by atoms with Gasteiger partial charge in [-0.2, -0.15) is 11.8 Å². The molecule has 1 saturated heterocycles. The zero-order chi connectivity index (χ0) is 18.9. The van der Waals surface area contributed by atoms with Gasteiger partial charge in [-0.15, -0.1) is 0 Å². The first-order valence-electron chi connectivity index (χ1n) is 9.63. The lowest BCUT2D eigenvalue weighted by atomic mass is 10.1. The van der Waals surface area contributed by atoms with Gasteiger partial charge in [0.05, 0.1) is 13.2 Å². The number of rotatable bonds is 8. The fourth-order valence-electron chi connectivity index (χ4n) is 3.19. The van der Waals surface area contributed by atoms with Crippen LogP contribution >= 0.6 is 11.8 Å². The first-order chi connectivity index (χ1) is 13.2. The maximum Gasteiger partial charge on any atom is 0.251 e. The molecule has 2 N–H and O–H groups in total. The van der Waals surface area contributed by atoms with Gasteiger partial charge in [0.1, 0.15) is 19.6 Å². The minimum absolute atomic E-state index is 0.0109. The first-order valence-corrected chi connectivity index (χ1v) is 10.8. The smallest absolute Gasteiger partial charge is 0.251 e. The Labute approximate surface area is 166 Å². The quantitative estimate of drug-likeness (QED) is 0.684. The molecule has 2 aromatic carbocycles. The summed E-state index contributed by atoms with van der Waals surface area (Å²) in [6, 6.07) is 16.5. The zero-order valence-electron chi connectivity index (χ0n) is 16.0. The molecule has 4 nitrogen and oxygen atoms in total. The van der Waals surface area contributed by atoms with Gasteiger partial charge in [0, 0.05) is 29.2 Å². The average molecular weight is 386 g/mol. The van der Waals surface area contributed by atoms with Gasteiger partial charge >= 0.3 is 0 Å². The first kappa shape index (κ1) is 19.9. The van der Waals surface area contributed by atoms with Crippen molar-refractivity contribution in [3.05, 3.63) is 70.8 Å². The molecule has 27 heavy (non-hydrogen) atoms. The molecule has 0 unspecified atom stereocenters. The predicted molar refractivity (Wildman–Crippen MR) is 111 cm³/mol. The Kier molecular flexibility index (Phi) is 7.75. The summed E-state index contributed by atoms with van der Waals surface area (Å²) in [4.78, 5) is 13.8. The molecule has 1 aliphatic heterocycles. The zero-order valence-corrected chi connectivity index (χ0v) is 16.8. The Hall–Kier alpha value is -1.82. The average Bonchev–Trinajstić information content (AvgIpc) is 2.70. The Morgan fingerprint density at radius 3 is 2.59 bits per heavy atom. The summed E-state index contributed by atoms with van der Waals surface area (Å²) in [6.45, 7) is 7.64. The molecule has 5 heteroatoms. The van der Waals surface area contributed by atoms with Crippen LogP contribution in [0.25, 0.3) is 0 Å². The van der Waals surface area contributed by atoms with E-state index in [1.165, 1.54) is 16.7 Å². The van der Waals surface area contributed by atoms with Crippen molar-refractivity contribution >= 4 is 17.7 Å². The normalized spacial score (nSPS) is 14.9. The van der Waals surface area contributed by atoms with Gasteiger partial charge in [-0.25, -0.2) is 0 Å². The van der Waals surface area contributed by atoms with Gasteiger partial charge in [0.2, 0.25) is 0 Å². The summed E-state index contributed by atoms with van der Waals surface area (Å²) in [5, 5.41) is 3.02. The van der Waals surface area contributed by atoms with Crippen LogP contribution in [0.5, 0.6) is 0 Å². The number of carbonyl (C=O) groups is 1. The maximum absolute atomic E-state index is 12.3. The minimum atomic E-state index is 0.0109. The van der Waals surface area contributed by atoms with E-state index in [-0.39, 0.29) is 5.91 Å². The lowest BCUT2D eigenvalue weighted by Gasteiger charge is -2.23. The fraction of sp³-hybridized carbons (Fsp3) is 0.409. The lowest BCUT2D eigenvalue weighted by molar-refractivity contribution is -0.921. The number of hydrogen-bond donors (Lipinski definition) is 2. The van der Waals surface area contributed by atoms with Crippen molar-refractivity contribution in [2.24, 2.45) is 0 Å².